The summed E-state index contributed by atoms with van der Waals surface area (Å²) in [5.74, 6) is 0.0968. The number of aliphatic hydroxyl groups is 1. The first kappa shape index (κ1) is 11.2. The molecule has 1 aromatic carbocycles. The SMILES string of the molecule is CN[C@@H](C)[C@H](CO)c1ccc2ccoc2c1. The third-order valence-electron chi connectivity index (χ3n) is 3.16. The number of hydrogen-bond acceptors (Lipinski definition) is 3. The van der Waals surface area contributed by atoms with Crippen molar-refractivity contribution in [2.45, 2.75) is 18.9 Å². The Kier molecular flexibility index (Phi) is 3.27. The molecule has 0 radical (unpaired) electrons. The Morgan fingerprint density at radius 3 is 2.88 bits per heavy atom. The zero-order valence-corrected chi connectivity index (χ0v) is 9.60. The minimum Gasteiger partial charge on any atom is -0.464 e. The smallest absolute Gasteiger partial charge is 0.134 e. The van der Waals surface area contributed by atoms with Crippen LogP contribution in [0.5, 0.6) is 0 Å². The number of hydrogen-bond donors (Lipinski definition) is 2. The average molecular weight is 219 g/mol. The van der Waals surface area contributed by atoms with Crippen LogP contribution >= 0.6 is 0 Å². The second kappa shape index (κ2) is 4.68. The minimum absolute atomic E-state index is 0.0968. The lowest BCUT2D eigenvalue weighted by Crippen LogP contribution is -2.30. The topological polar surface area (TPSA) is 45.4 Å². The van der Waals surface area contributed by atoms with Gasteiger partial charge in [-0.25, -0.2) is 0 Å². The molecule has 2 rings (SSSR count). The zero-order chi connectivity index (χ0) is 11.5. The van der Waals surface area contributed by atoms with Gasteiger partial charge in [-0.15, -0.1) is 0 Å². The molecule has 2 N–H and O–H groups in total. The van der Waals surface area contributed by atoms with Crippen LogP contribution in [0.1, 0.15) is 18.4 Å². The monoisotopic (exact) mass is 219 g/mol. The molecule has 1 heterocycles. The molecule has 1 aromatic heterocycles. The van der Waals surface area contributed by atoms with Gasteiger partial charge in [0.2, 0.25) is 0 Å². The maximum absolute atomic E-state index is 9.43. The van der Waals surface area contributed by atoms with Gasteiger partial charge in [0, 0.05) is 17.3 Å². The predicted octanol–water partition coefficient (Wildman–Crippen LogP) is 2.12. The fourth-order valence-corrected chi connectivity index (χ4v) is 1.96. The van der Waals surface area contributed by atoms with E-state index in [4.69, 9.17) is 4.42 Å². The fourth-order valence-electron chi connectivity index (χ4n) is 1.96. The maximum Gasteiger partial charge on any atom is 0.134 e. The Morgan fingerprint density at radius 1 is 1.38 bits per heavy atom. The fraction of sp³-hybridized carbons (Fsp3) is 0.385. The van der Waals surface area contributed by atoms with E-state index in [1.165, 1.54) is 0 Å². The quantitative estimate of drug-likeness (QED) is 0.828. The van der Waals surface area contributed by atoms with Gasteiger partial charge in [-0.3, -0.25) is 0 Å². The van der Waals surface area contributed by atoms with Crippen LogP contribution in [-0.4, -0.2) is 24.8 Å². The molecule has 2 aromatic rings. The van der Waals surface area contributed by atoms with Crippen LogP contribution < -0.4 is 5.32 Å². The molecule has 0 fully saturated rings. The molecule has 0 aliphatic rings. The van der Waals surface area contributed by atoms with E-state index in [1.807, 2.05) is 31.3 Å². The summed E-state index contributed by atoms with van der Waals surface area (Å²) in [4.78, 5) is 0. The molecule has 0 saturated carbocycles. The van der Waals surface area contributed by atoms with E-state index < -0.39 is 0 Å². The molecule has 86 valence electrons. The second-order valence-corrected chi connectivity index (χ2v) is 4.08. The molecule has 2 atom stereocenters. The Bertz CT molecular complexity index is 464. The standard InChI is InChI=1S/C13H17NO2/c1-9(14-2)12(8-15)11-4-3-10-5-6-16-13(10)7-11/h3-7,9,12,14-15H,8H2,1-2H3/t9-,12-/m0/s1. The summed E-state index contributed by atoms with van der Waals surface area (Å²) in [5.41, 5.74) is 1.98. The van der Waals surface area contributed by atoms with Crippen molar-refractivity contribution >= 4 is 11.0 Å². The van der Waals surface area contributed by atoms with Gasteiger partial charge in [0.15, 0.2) is 0 Å². The van der Waals surface area contributed by atoms with E-state index in [0.717, 1.165) is 16.5 Å². The van der Waals surface area contributed by atoms with Gasteiger partial charge in [-0.2, -0.15) is 0 Å². The van der Waals surface area contributed by atoms with E-state index in [1.54, 1.807) is 6.26 Å². The van der Waals surface area contributed by atoms with Crippen molar-refractivity contribution in [3.05, 3.63) is 36.1 Å². The lowest BCUT2D eigenvalue weighted by atomic mass is 9.93. The number of rotatable bonds is 4. The van der Waals surface area contributed by atoms with Crippen molar-refractivity contribution < 1.29 is 9.52 Å². The molecule has 0 aliphatic heterocycles. The van der Waals surface area contributed by atoms with Crippen molar-refractivity contribution in [3.8, 4) is 0 Å². The number of nitrogens with one attached hydrogen (secondary N) is 1. The van der Waals surface area contributed by atoms with E-state index in [2.05, 4.69) is 12.2 Å². The molecule has 0 spiro atoms. The molecule has 0 unspecified atom stereocenters. The van der Waals surface area contributed by atoms with Crippen LogP contribution in [0.3, 0.4) is 0 Å². The molecular weight excluding hydrogens is 202 g/mol. The van der Waals surface area contributed by atoms with Crippen LogP contribution in [0.2, 0.25) is 0 Å². The van der Waals surface area contributed by atoms with Crippen LogP contribution in [0.25, 0.3) is 11.0 Å². The summed E-state index contributed by atoms with van der Waals surface area (Å²) >= 11 is 0. The number of furan rings is 1. The van der Waals surface area contributed by atoms with Gasteiger partial charge in [-0.1, -0.05) is 12.1 Å². The van der Waals surface area contributed by atoms with E-state index >= 15 is 0 Å². The summed E-state index contributed by atoms with van der Waals surface area (Å²) in [7, 11) is 1.90. The first-order valence-corrected chi connectivity index (χ1v) is 5.51. The Morgan fingerprint density at radius 2 is 2.19 bits per heavy atom. The van der Waals surface area contributed by atoms with Crippen molar-refractivity contribution in [1.82, 2.24) is 5.32 Å². The van der Waals surface area contributed by atoms with E-state index in [0.29, 0.717) is 0 Å². The van der Waals surface area contributed by atoms with Crippen LogP contribution in [0.15, 0.2) is 34.9 Å². The Hall–Kier alpha value is -1.32. The van der Waals surface area contributed by atoms with Crippen molar-refractivity contribution in [2.75, 3.05) is 13.7 Å². The highest BCUT2D eigenvalue weighted by Crippen LogP contribution is 2.24. The summed E-state index contributed by atoms with van der Waals surface area (Å²) in [6.07, 6.45) is 1.68. The third kappa shape index (κ3) is 1.96. The molecule has 0 amide bonds. The van der Waals surface area contributed by atoms with Crippen molar-refractivity contribution in [2.24, 2.45) is 0 Å². The number of aliphatic hydroxyl groups excluding tert-OH is 1. The van der Waals surface area contributed by atoms with Gasteiger partial charge in [0.25, 0.3) is 0 Å². The van der Waals surface area contributed by atoms with Crippen LogP contribution in [0.4, 0.5) is 0 Å². The summed E-state index contributed by atoms with van der Waals surface area (Å²) in [6.45, 7) is 2.20. The highest BCUT2D eigenvalue weighted by Gasteiger charge is 2.17. The van der Waals surface area contributed by atoms with Gasteiger partial charge < -0.3 is 14.8 Å². The lowest BCUT2D eigenvalue weighted by molar-refractivity contribution is 0.243. The summed E-state index contributed by atoms with van der Waals surface area (Å²) in [5, 5.41) is 13.7. The van der Waals surface area contributed by atoms with Gasteiger partial charge in [-0.05, 0) is 31.7 Å². The highest BCUT2D eigenvalue weighted by molar-refractivity contribution is 5.77. The van der Waals surface area contributed by atoms with Crippen molar-refractivity contribution in [1.29, 1.82) is 0 Å². The first-order chi connectivity index (χ1) is 7.76. The molecule has 0 saturated heterocycles. The molecule has 3 nitrogen and oxygen atoms in total. The largest absolute Gasteiger partial charge is 0.464 e. The summed E-state index contributed by atoms with van der Waals surface area (Å²) < 4.78 is 5.36. The normalized spacial score (nSPS) is 15.2. The molecule has 3 heteroatoms. The zero-order valence-electron chi connectivity index (χ0n) is 9.60. The molecule has 0 aliphatic carbocycles. The van der Waals surface area contributed by atoms with Gasteiger partial charge >= 0.3 is 0 Å². The molecule has 16 heavy (non-hydrogen) atoms. The number of likely N-dealkylation sites (N-methyl/N-ethyl adjacent to an activating group) is 1. The highest BCUT2D eigenvalue weighted by atomic mass is 16.3. The van der Waals surface area contributed by atoms with E-state index in [9.17, 15) is 5.11 Å². The van der Waals surface area contributed by atoms with E-state index in [-0.39, 0.29) is 18.6 Å². The van der Waals surface area contributed by atoms with Gasteiger partial charge in [0.05, 0.1) is 12.9 Å². The number of fused-ring (bicyclic) bond motifs is 1. The minimum atomic E-state index is 0.0968. The summed E-state index contributed by atoms with van der Waals surface area (Å²) in [6, 6.07) is 8.25. The van der Waals surface area contributed by atoms with Crippen LogP contribution in [-0.2, 0) is 0 Å². The first-order valence-electron chi connectivity index (χ1n) is 5.51. The third-order valence-corrected chi connectivity index (χ3v) is 3.16. The maximum atomic E-state index is 9.43. The molecule has 0 bridgehead atoms. The van der Waals surface area contributed by atoms with Crippen LogP contribution in [0, 0.1) is 0 Å². The van der Waals surface area contributed by atoms with Crippen molar-refractivity contribution in [3.63, 3.8) is 0 Å². The number of benzene rings is 1. The predicted molar refractivity (Wildman–Crippen MR) is 64.6 cm³/mol. The Balaban J connectivity index is 2.36. The average Bonchev–Trinajstić information content (AvgIpc) is 2.77. The van der Waals surface area contributed by atoms with Gasteiger partial charge in [0.1, 0.15) is 5.58 Å². The molecular formula is C13H17NO2. The second-order valence-electron chi connectivity index (χ2n) is 4.08. The lowest BCUT2D eigenvalue weighted by Gasteiger charge is -2.21. The Labute approximate surface area is 95.1 Å².